The number of pyridine rings is 1. The topological polar surface area (TPSA) is 77.6 Å². The van der Waals surface area contributed by atoms with Crippen LogP contribution < -0.4 is 15.5 Å². The predicted molar refractivity (Wildman–Crippen MR) is 123 cm³/mol. The average molecular weight is 436 g/mol. The molecular weight excluding hydrogens is 414 g/mol. The summed E-state index contributed by atoms with van der Waals surface area (Å²) in [4.78, 5) is 33.2. The van der Waals surface area contributed by atoms with E-state index < -0.39 is 0 Å². The number of amides is 3. The van der Waals surface area contributed by atoms with Crippen molar-refractivity contribution >= 4 is 40.7 Å². The molecule has 8 heteroatoms. The van der Waals surface area contributed by atoms with Gasteiger partial charge in [-0.15, -0.1) is 0 Å². The van der Waals surface area contributed by atoms with E-state index >= 15 is 0 Å². The molecule has 0 atom stereocenters. The maximum atomic E-state index is 12.8. The lowest BCUT2D eigenvalue weighted by Crippen LogP contribution is -2.49. The zero-order chi connectivity index (χ0) is 21.6. The van der Waals surface area contributed by atoms with Gasteiger partial charge in [0, 0.05) is 49.3 Å². The van der Waals surface area contributed by atoms with Crippen LogP contribution in [-0.4, -0.2) is 48.0 Å². The zero-order valence-corrected chi connectivity index (χ0v) is 17.5. The molecule has 1 saturated heterocycles. The Labute approximate surface area is 185 Å². The highest BCUT2D eigenvalue weighted by atomic mass is 35.5. The van der Waals surface area contributed by atoms with Crippen LogP contribution in [0, 0.1) is 0 Å². The van der Waals surface area contributed by atoms with Gasteiger partial charge in [0.15, 0.2) is 0 Å². The van der Waals surface area contributed by atoms with Crippen LogP contribution in [0.25, 0.3) is 0 Å². The second kappa shape index (κ2) is 9.49. The molecule has 1 fully saturated rings. The van der Waals surface area contributed by atoms with E-state index in [4.69, 9.17) is 11.6 Å². The van der Waals surface area contributed by atoms with E-state index in [0.29, 0.717) is 48.1 Å². The SMILES string of the molecule is O=C(Nc1ccccc1)Nc1ccc(C(=O)N2CCN(c3ccc(Cl)cn3)CC2)cc1. The predicted octanol–water partition coefficient (Wildman–Crippen LogP) is 4.34. The van der Waals surface area contributed by atoms with Crippen molar-refractivity contribution in [2.45, 2.75) is 0 Å². The number of hydrogen-bond donors (Lipinski definition) is 2. The van der Waals surface area contributed by atoms with Crippen molar-refractivity contribution in [1.82, 2.24) is 9.88 Å². The van der Waals surface area contributed by atoms with Gasteiger partial charge in [-0.1, -0.05) is 29.8 Å². The molecule has 1 aliphatic rings. The van der Waals surface area contributed by atoms with Crippen molar-refractivity contribution in [3.63, 3.8) is 0 Å². The van der Waals surface area contributed by atoms with Crippen molar-refractivity contribution in [2.24, 2.45) is 0 Å². The number of nitrogens with one attached hydrogen (secondary N) is 2. The summed E-state index contributed by atoms with van der Waals surface area (Å²) >= 11 is 5.90. The fourth-order valence-corrected chi connectivity index (χ4v) is 3.50. The van der Waals surface area contributed by atoms with Crippen LogP contribution in [0.4, 0.5) is 22.0 Å². The molecule has 7 nitrogen and oxygen atoms in total. The number of carbonyl (C=O) groups is 2. The van der Waals surface area contributed by atoms with Crippen LogP contribution in [0.1, 0.15) is 10.4 Å². The minimum atomic E-state index is -0.336. The molecule has 0 saturated carbocycles. The number of benzene rings is 2. The van der Waals surface area contributed by atoms with Crippen LogP contribution in [0.5, 0.6) is 0 Å². The number of anilines is 3. The van der Waals surface area contributed by atoms with Crippen molar-refractivity contribution in [2.75, 3.05) is 41.7 Å². The lowest BCUT2D eigenvalue weighted by Gasteiger charge is -2.35. The largest absolute Gasteiger partial charge is 0.353 e. The van der Waals surface area contributed by atoms with Crippen LogP contribution >= 0.6 is 11.6 Å². The first-order valence-corrected chi connectivity index (χ1v) is 10.4. The summed E-state index contributed by atoms with van der Waals surface area (Å²) < 4.78 is 0. The second-order valence-electron chi connectivity index (χ2n) is 7.14. The van der Waals surface area contributed by atoms with E-state index in [1.54, 1.807) is 30.5 Å². The molecule has 3 aromatic rings. The van der Waals surface area contributed by atoms with Gasteiger partial charge in [0.05, 0.1) is 5.02 Å². The summed E-state index contributed by atoms with van der Waals surface area (Å²) in [6.07, 6.45) is 1.63. The van der Waals surface area contributed by atoms with Gasteiger partial charge < -0.3 is 20.4 Å². The average Bonchev–Trinajstić information content (AvgIpc) is 2.80. The highest BCUT2D eigenvalue weighted by molar-refractivity contribution is 6.30. The molecule has 2 aromatic carbocycles. The van der Waals surface area contributed by atoms with E-state index in [1.807, 2.05) is 47.4 Å². The molecule has 0 bridgehead atoms. The lowest BCUT2D eigenvalue weighted by atomic mass is 10.1. The number of nitrogens with zero attached hydrogens (tertiary/aromatic N) is 3. The molecule has 1 aromatic heterocycles. The highest BCUT2D eigenvalue weighted by Crippen LogP contribution is 2.18. The normalized spacial score (nSPS) is 13.6. The van der Waals surface area contributed by atoms with E-state index in [2.05, 4.69) is 20.5 Å². The fourth-order valence-electron chi connectivity index (χ4n) is 3.39. The number of para-hydroxylation sites is 1. The van der Waals surface area contributed by atoms with E-state index in [0.717, 1.165) is 5.82 Å². The molecule has 0 aliphatic carbocycles. The first kappa shape index (κ1) is 20.7. The minimum Gasteiger partial charge on any atom is -0.353 e. The van der Waals surface area contributed by atoms with Crippen molar-refractivity contribution in [3.05, 3.63) is 83.5 Å². The van der Waals surface area contributed by atoms with Crippen LogP contribution in [0.15, 0.2) is 72.9 Å². The summed E-state index contributed by atoms with van der Waals surface area (Å²) in [6.45, 7) is 2.64. The Balaban J connectivity index is 1.30. The molecule has 2 N–H and O–H groups in total. The molecule has 0 radical (unpaired) electrons. The van der Waals surface area contributed by atoms with Gasteiger partial charge in [-0.2, -0.15) is 0 Å². The second-order valence-corrected chi connectivity index (χ2v) is 7.57. The first-order chi connectivity index (χ1) is 15.1. The lowest BCUT2D eigenvalue weighted by molar-refractivity contribution is 0.0746. The molecule has 2 heterocycles. The van der Waals surface area contributed by atoms with Gasteiger partial charge in [-0.3, -0.25) is 4.79 Å². The number of halogens is 1. The molecule has 31 heavy (non-hydrogen) atoms. The quantitative estimate of drug-likeness (QED) is 0.639. The summed E-state index contributed by atoms with van der Waals surface area (Å²) in [5.41, 5.74) is 1.91. The summed E-state index contributed by atoms with van der Waals surface area (Å²) in [6, 6.07) is 19.5. The summed E-state index contributed by atoms with van der Waals surface area (Å²) in [5.74, 6) is 0.838. The van der Waals surface area contributed by atoms with Crippen molar-refractivity contribution in [3.8, 4) is 0 Å². The smallest absolute Gasteiger partial charge is 0.323 e. The third kappa shape index (κ3) is 5.32. The Morgan fingerprint density at radius 3 is 2.06 bits per heavy atom. The van der Waals surface area contributed by atoms with Gasteiger partial charge in [-0.25, -0.2) is 9.78 Å². The van der Waals surface area contributed by atoms with Crippen LogP contribution in [0.3, 0.4) is 0 Å². The summed E-state index contributed by atoms with van der Waals surface area (Å²) in [5, 5.41) is 6.13. The van der Waals surface area contributed by atoms with Gasteiger partial charge in [0.2, 0.25) is 0 Å². The van der Waals surface area contributed by atoms with E-state index in [1.165, 1.54) is 0 Å². The maximum absolute atomic E-state index is 12.8. The Morgan fingerprint density at radius 1 is 0.806 bits per heavy atom. The van der Waals surface area contributed by atoms with Crippen LogP contribution in [0.2, 0.25) is 5.02 Å². The third-order valence-corrected chi connectivity index (χ3v) is 5.25. The first-order valence-electron chi connectivity index (χ1n) is 9.97. The Kier molecular flexibility index (Phi) is 6.33. The highest BCUT2D eigenvalue weighted by Gasteiger charge is 2.22. The standard InChI is InChI=1S/C23H22ClN5O2/c24-18-8-11-21(25-16-18)28-12-14-29(15-13-28)22(30)17-6-9-20(10-7-17)27-23(31)26-19-4-2-1-3-5-19/h1-11,16H,12-15H2,(H2,26,27,31). The van der Waals surface area contributed by atoms with Gasteiger partial charge >= 0.3 is 6.03 Å². The minimum absolute atomic E-state index is 0.0241. The molecule has 1 aliphatic heterocycles. The molecule has 3 amide bonds. The van der Waals surface area contributed by atoms with E-state index in [9.17, 15) is 9.59 Å². The number of piperazine rings is 1. The van der Waals surface area contributed by atoms with Crippen molar-refractivity contribution in [1.29, 1.82) is 0 Å². The Hall–Kier alpha value is -3.58. The maximum Gasteiger partial charge on any atom is 0.323 e. The fraction of sp³-hybridized carbons (Fsp3) is 0.174. The van der Waals surface area contributed by atoms with Gasteiger partial charge in [-0.05, 0) is 48.5 Å². The number of rotatable bonds is 4. The van der Waals surface area contributed by atoms with Crippen molar-refractivity contribution < 1.29 is 9.59 Å². The molecular formula is C23H22ClN5O2. The number of hydrogen-bond acceptors (Lipinski definition) is 4. The number of aromatic nitrogens is 1. The Bertz CT molecular complexity index is 1030. The van der Waals surface area contributed by atoms with Gasteiger partial charge in [0.1, 0.15) is 5.82 Å². The van der Waals surface area contributed by atoms with Crippen LogP contribution in [-0.2, 0) is 0 Å². The number of urea groups is 1. The Morgan fingerprint density at radius 2 is 1.45 bits per heavy atom. The monoisotopic (exact) mass is 435 g/mol. The van der Waals surface area contributed by atoms with Gasteiger partial charge in [0.25, 0.3) is 5.91 Å². The molecule has 0 unspecified atom stereocenters. The third-order valence-electron chi connectivity index (χ3n) is 5.02. The van der Waals surface area contributed by atoms with E-state index in [-0.39, 0.29) is 11.9 Å². The molecule has 158 valence electrons. The zero-order valence-electron chi connectivity index (χ0n) is 16.8. The summed E-state index contributed by atoms with van der Waals surface area (Å²) in [7, 11) is 0. The molecule has 0 spiro atoms. The molecule has 4 rings (SSSR count). The number of carbonyl (C=O) groups excluding carboxylic acids is 2.